The minimum absolute atomic E-state index is 0.181. The molecule has 1 aliphatic heterocycles. The number of hydrogen-bond acceptors (Lipinski definition) is 3. The number of thioether (sulfide) groups is 1. The van der Waals surface area contributed by atoms with Crippen LogP contribution in [0.1, 0.15) is 17.5 Å². The van der Waals surface area contributed by atoms with Crippen LogP contribution >= 0.6 is 11.8 Å². The van der Waals surface area contributed by atoms with Crippen molar-refractivity contribution in [1.82, 2.24) is 0 Å². The van der Waals surface area contributed by atoms with Crippen LogP contribution in [-0.2, 0) is 12.8 Å². The molecule has 0 aliphatic carbocycles. The zero-order chi connectivity index (χ0) is 11.4. The number of fused-ring (bicyclic) bond motifs is 1. The summed E-state index contributed by atoms with van der Waals surface area (Å²) in [5.41, 5.74) is 2.63. The second-order valence-electron chi connectivity index (χ2n) is 4.19. The van der Waals surface area contributed by atoms with E-state index in [1.165, 1.54) is 11.1 Å². The molecule has 0 radical (unpaired) electrons. The second-order valence-corrected chi connectivity index (χ2v) is 5.10. The fourth-order valence-electron chi connectivity index (χ4n) is 2.00. The quantitative estimate of drug-likeness (QED) is 0.853. The minimum atomic E-state index is -0.181. The molecule has 2 rings (SSSR count). The van der Waals surface area contributed by atoms with E-state index < -0.39 is 0 Å². The van der Waals surface area contributed by atoms with Crippen molar-refractivity contribution in [2.75, 3.05) is 18.6 Å². The second kappa shape index (κ2) is 5.60. The maximum absolute atomic E-state index is 9.66. The van der Waals surface area contributed by atoms with Crippen LogP contribution in [0.4, 0.5) is 0 Å². The predicted molar refractivity (Wildman–Crippen MR) is 68.4 cm³/mol. The minimum Gasteiger partial charge on any atom is -0.493 e. The lowest BCUT2D eigenvalue weighted by molar-refractivity contribution is 0.189. The highest BCUT2D eigenvalue weighted by molar-refractivity contribution is 7.98. The Morgan fingerprint density at radius 2 is 2.38 bits per heavy atom. The lowest BCUT2D eigenvalue weighted by atomic mass is 10.0. The fraction of sp³-hybridized carbons (Fsp3) is 0.538. The Kier molecular flexibility index (Phi) is 4.13. The average Bonchev–Trinajstić information content (AvgIpc) is 2.74. The molecule has 0 fully saturated rings. The third kappa shape index (κ3) is 2.92. The first-order valence-corrected chi connectivity index (χ1v) is 7.10. The first-order valence-electron chi connectivity index (χ1n) is 5.71. The first kappa shape index (κ1) is 11.8. The normalized spacial score (nSPS) is 15.6. The van der Waals surface area contributed by atoms with Gasteiger partial charge < -0.3 is 9.84 Å². The molecule has 1 aromatic carbocycles. The fourth-order valence-corrected chi connectivity index (χ4v) is 2.56. The monoisotopic (exact) mass is 238 g/mol. The highest BCUT2D eigenvalue weighted by Crippen LogP contribution is 2.26. The molecular formula is C13H18O2S. The Hall–Kier alpha value is -0.670. The Bertz CT molecular complexity index is 352. The predicted octanol–water partition coefficient (Wildman–Crippen LogP) is 2.28. The Morgan fingerprint density at radius 3 is 3.19 bits per heavy atom. The maximum atomic E-state index is 9.66. The summed E-state index contributed by atoms with van der Waals surface area (Å²) in [6, 6.07) is 6.38. The van der Waals surface area contributed by atoms with Crippen molar-refractivity contribution in [3.8, 4) is 5.75 Å². The van der Waals surface area contributed by atoms with Gasteiger partial charge in [-0.05, 0) is 36.3 Å². The summed E-state index contributed by atoms with van der Waals surface area (Å²) >= 11 is 1.69. The summed E-state index contributed by atoms with van der Waals surface area (Å²) in [5.74, 6) is 1.86. The van der Waals surface area contributed by atoms with Crippen molar-refractivity contribution in [3.63, 3.8) is 0 Å². The van der Waals surface area contributed by atoms with Crippen LogP contribution in [-0.4, -0.2) is 29.8 Å². The number of aliphatic hydroxyl groups is 1. The number of benzene rings is 1. The van der Waals surface area contributed by atoms with Gasteiger partial charge in [-0.1, -0.05) is 12.1 Å². The van der Waals surface area contributed by atoms with E-state index in [9.17, 15) is 5.11 Å². The van der Waals surface area contributed by atoms with E-state index in [2.05, 4.69) is 18.2 Å². The van der Waals surface area contributed by atoms with Crippen molar-refractivity contribution in [2.45, 2.75) is 25.4 Å². The zero-order valence-electron chi connectivity index (χ0n) is 9.61. The first-order chi connectivity index (χ1) is 7.79. The Balaban J connectivity index is 1.90. The molecule has 1 atom stereocenters. The molecule has 0 spiro atoms. The topological polar surface area (TPSA) is 29.5 Å². The Labute approximate surface area is 101 Å². The van der Waals surface area contributed by atoms with E-state index in [-0.39, 0.29) is 6.10 Å². The van der Waals surface area contributed by atoms with E-state index >= 15 is 0 Å². The SMILES string of the molecule is CSCC(O)CCc1ccc2c(c1)CCO2. The molecule has 1 heterocycles. The molecule has 1 unspecified atom stereocenters. The maximum Gasteiger partial charge on any atom is 0.122 e. The number of rotatable bonds is 5. The third-order valence-electron chi connectivity index (χ3n) is 2.88. The van der Waals surface area contributed by atoms with Gasteiger partial charge in [0.1, 0.15) is 5.75 Å². The molecule has 0 amide bonds. The number of ether oxygens (including phenoxy) is 1. The molecule has 0 saturated heterocycles. The molecule has 3 heteroatoms. The zero-order valence-corrected chi connectivity index (χ0v) is 10.4. The molecule has 88 valence electrons. The van der Waals surface area contributed by atoms with Gasteiger partial charge >= 0.3 is 0 Å². The van der Waals surface area contributed by atoms with Crippen molar-refractivity contribution in [1.29, 1.82) is 0 Å². The average molecular weight is 238 g/mol. The van der Waals surface area contributed by atoms with E-state index in [4.69, 9.17) is 4.74 Å². The van der Waals surface area contributed by atoms with Gasteiger partial charge in [-0.2, -0.15) is 11.8 Å². The molecule has 0 saturated carbocycles. The van der Waals surface area contributed by atoms with Gasteiger partial charge in [-0.3, -0.25) is 0 Å². The molecule has 2 nitrogen and oxygen atoms in total. The highest BCUT2D eigenvalue weighted by atomic mass is 32.2. The van der Waals surface area contributed by atoms with Crippen LogP contribution in [0, 0.1) is 0 Å². The number of hydrogen-bond donors (Lipinski definition) is 1. The molecule has 1 aliphatic rings. The summed E-state index contributed by atoms with van der Waals surface area (Å²) in [6.07, 6.45) is 4.67. The molecule has 16 heavy (non-hydrogen) atoms. The summed E-state index contributed by atoms with van der Waals surface area (Å²) in [7, 11) is 0. The van der Waals surface area contributed by atoms with Gasteiger partial charge in [0.2, 0.25) is 0 Å². The van der Waals surface area contributed by atoms with Gasteiger partial charge in [0.25, 0.3) is 0 Å². The van der Waals surface area contributed by atoms with E-state index in [1.807, 2.05) is 6.26 Å². The molecule has 1 N–H and O–H groups in total. The standard InChI is InChI=1S/C13H18O2S/c1-16-9-12(14)4-2-10-3-5-13-11(8-10)6-7-15-13/h3,5,8,12,14H,2,4,6-7,9H2,1H3. The van der Waals surface area contributed by atoms with Crippen molar-refractivity contribution in [3.05, 3.63) is 29.3 Å². The van der Waals surface area contributed by atoms with E-state index in [0.717, 1.165) is 37.4 Å². The van der Waals surface area contributed by atoms with Crippen LogP contribution in [0.3, 0.4) is 0 Å². The van der Waals surface area contributed by atoms with Gasteiger partial charge in [-0.15, -0.1) is 0 Å². The molecule has 0 bridgehead atoms. The third-order valence-corrected chi connectivity index (χ3v) is 3.60. The smallest absolute Gasteiger partial charge is 0.122 e. The van der Waals surface area contributed by atoms with E-state index in [1.54, 1.807) is 11.8 Å². The number of aryl methyl sites for hydroxylation is 1. The van der Waals surface area contributed by atoms with Crippen molar-refractivity contribution >= 4 is 11.8 Å². The van der Waals surface area contributed by atoms with Crippen LogP contribution in [0.2, 0.25) is 0 Å². The summed E-state index contributed by atoms with van der Waals surface area (Å²) in [6.45, 7) is 0.813. The van der Waals surface area contributed by atoms with Gasteiger partial charge in [0, 0.05) is 12.2 Å². The van der Waals surface area contributed by atoms with Crippen molar-refractivity contribution < 1.29 is 9.84 Å². The van der Waals surface area contributed by atoms with Crippen molar-refractivity contribution in [2.24, 2.45) is 0 Å². The summed E-state index contributed by atoms with van der Waals surface area (Å²) in [4.78, 5) is 0. The highest BCUT2D eigenvalue weighted by Gasteiger charge is 2.12. The van der Waals surface area contributed by atoms with Gasteiger partial charge in [0.15, 0.2) is 0 Å². The summed E-state index contributed by atoms with van der Waals surface area (Å²) in [5, 5.41) is 9.66. The van der Waals surface area contributed by atoms with Crippen LogP contribution < -0.4 is 4.74 Å². The van der Waals surface area contributed by atoms with Gasteiger partial charge in [0.05, 0.1) is 12.7 Å². The molecular weight excluding hydrogens is 220 g/mol. The van der Waals surface area contributed by atoms with Crippen LogP contribution in [0.25, 0.3) is 0 Å². The van der Waals surface area contributed by atoms with E-state index in [0.29, 0.717) is 0 Å². The summed E-state index contributed by atoms with van der Waals surface area (Å²) < 4.78 is 5.46. The molecule has 1 aromatic rings. The lowest BCUT2D eigenvalue weighted by Crippen LogP contribution is -2.10. The largest absolute Gasteiger partial charge is 0.493 e. The number of aliphatic hydroxyl groups excluding tert-OH is 1. The van der Waals surface area contributed by atoms with Gasteiger partial charge in [-0.25, -0.2) is 0 Å². The molecule has 0 aromatic heterocycles. The van der Waals surface area contributed by atoms with Crippen LogP contribution in [0.5, 0.6) is 5.75 Å². The lowest BCUT2D eigenvalue weighted by Gasteiger charge is -2.09. The Morgan fingerprint density at radius 1 is 1.50 bits per heavy atom. The van der Waals surface area contributed by atoms with Crippen LogP contribution in [0.15, 0.2) is 18.2 Å².